The van der Waals surface area contributed by atoms with Crippen molar-refractivity contribution >= 4 is 11.4 Å². The van der Waals surface area contributed by atoms with Crippen LogP contribution in [0.25, 0.3) is 0 Å². The average Bonchev–Trinajstić information content (AvgIpc) is 2.87. The second kappa shape index (κ2) is 5.87. The first-order valence-corrected chi connectivity index (χ1v) is 9.18. The molecular formula is C21H31N3O. The van der Waals surface area contributed by atoms with Crippen LogP contribution in [0.5, 0.6) is 5.75 Å². The number of hydrazone groups is 1. The van der Waals surface area contributed by atoms with Gasteiger partial charge in [-0.1, -0.05) is 60.6 Å². The summed E-state index contributed by atoms with van der Waals surface area (Å²) in [4.78, 5) is 0. The number of hydrogen-bond donors (Lipinski definition) is 2. The molecule has 1 aromatic carbocycles. The number of phenols is 1. The predicted octanol–water partition coefficient (Wildman–Crippen LogP) is 4.63. The maximum Gasteiger partial charge on any atom is 0.146 e. The maximum absolute atomic E-state index is 11.0. The van der Waals surface area contributed by atoms with Crippen molar-refractivity contribution in [1.82, 2.24) is 5.43 Å². The number of fused-ring (bicyclic) bond motifs is 1. The Morgan fingerprint density at radius 3 is 2.40 bits per heavy atom. The molecule has 136 valence electrons. The monoisotopic (exact) mass is 341 g/mol. The summed E-state index contributed by atoms with van der Waals surface area (Å²) < 4.78 is 0. The van der Waals surface area contributed by atoms with Gasteiger partial charge in [-0.3, -0.25) is 0 Å². The van der Waals surface area contributed by atoms with Crippen molar-refractivity contribution in [3.8, 4) is 5.75 Å². The Hall–Kier alpha value is -1.81. The van der Waals surface area contributed by atoms with Gasteiger partial charge in [-0.05, 0) is 40.9 Å². The van der Waals surface area contributed by atoms with Crippen molar-refractivity contribution in [3.63, 3.8) is 0 Å². The molecule has 0 spiro atoms. The Kier molecular flexibility index (Phi) is 4.23. The van der Waals surface area contributed by atoms with E-state index in [1.54, 1.807) is 5.12 Å². The van der Waals surface area contributed by atoms with E-state index in [0.717, 1.165) is 23.4 Å². The lowest BCUT2D eigenvalue weighted by Crippen LogP contribution is -2.40. The zero-order valence-electron chi connectivity index (χ0n) is 16.5. The molecule has 0 radical (unpaired) electrons. The minimum absolute atomic E-state index is 0.00348. The van der Waals surface area contributed by atoms with Gasteiger partial charge in [-0.15, -0.1) is 0 Å². The molecule has 1 aliphatic carbocycles. The number of anilines is 1. The standard InChI is InChI=1S/C21H31N3O/c1-13-8-9-16-17(10-13)23-24(22-16)18-12-14(20(2,3)4)11-15(19(18)25)21(5,6)7/h8-9,11-13,17,23,25H,10H2,1-7H3. The number of phenolic OH excluding ortho intramolecular Hbond substituents is 1. The van der Waals surface area contributed by atoms with E-state index in [9.17, 15) is 5.11 Å². The first-order chi connectivity index (χ1) is 11.5. The fourth-order valence-electron chi connectivity index (χ4n) is 3.37. The molecule has 0 fully saturated rings. The molecule has 1 aliphatic heterocycles. The SMILES string of the molecule is CC1C=CC2=NN(c3cc(C(C)(C)C)cc(C(C)(C)C)c3O)NC2C1. The van der Waals surface area contributed by atoms with Crippen LogP contribution < -0.4 is 10.5 Å². The molecule has 2 aliphatic rings. The summed E-state index contributed by atoms with van der Waals surface area (Å²) in [6.07, 6.45) is 5.32. The third-order valence-corrected chi connectivity index (χ3v) is 5.05. The van der Waals surface area contributed by atoms with Gasteiger partial charge in [-0.25, -0.2) is 5.43 Å². The molecular weight excluding hydrogens is 310 g/mol. The molecule has 2 N–H and O–H groups in total. The fourth-order valence-corrected chi connectivity index (χ4v) is 3.37. The number of allylic oxidation sites excluding steroid dienone is 1. The van der Waals surface area contributed by atoms with Crippen LogP contribution in [0.1, 0.15) is 66.0 Å². The van der Waals surface area contributed by atoms with Gasteiger partial charge in [0.25, 0.3) is 0 Å². The first kappa shape index (κ1) is 18.0. The van der Waals surface area contributed by atoms with Gasteiger partial charge >= 0.3 is 0 Å². The molecule has 2 unspecified atom stereocenters. The molecule has 0 saturated carbocycles. The highest BCUT2D eigenvalue weighted by atomic mass is 16.3. The number of nitrogens with zero attached hydrogens (tertiary/aromatic N) is 2. The van der Waals surface area contributed by atoms with Crippen LogP contribution in [0, 0.1) is 5.92 Å². The van der Waals surface area contributed by atoms with E-state index in [0.29, 0.717) is 11.7 Å². The Labute approximate surface area is 151 Å². The summed E-state index contributed by atoms with van der Waals surface area (Å²) in [7, 11) is 0. The number of rotatable bonds is 1. The lowest BCUT2D eigenvalue weighted by atomic mass is 9.79. The quantitative estimate of drug-likeness (QED) is 0.783. The molecule has 0 amide bonds. The molecule has 25 heavy (non-hydrogen) atoms. The molecule has 0 saturated heterocycles. The molecule has 1 aromatic rings. The third-order valence-electron chi connectivity index (χ3n) is 5.05. The topological polar surface area (TPSA) is 47.9 Å². The molecule has 4 heteroatoms. The van der Waals surface area contributed by atoms with Gasteiger partial charge in [0.05, 0.1) is 11.8 Å². The van der Waals surface area contributed by atoms with Crippen LogP contribution in [0.4, 0.5) is 5.69 Å². The Morgan fingerprint density at radius 2 is 1.80 bits per heavy atom. The predicted molar refractivity (Wildman–Crippen MR) is 105 cm³/mol. The summed E-state index contributed by atoms with van der Waals surface area (Å²) in [6, 6.07) is 4.42. The molecule has 2 atom stereocenters. The highest BCUT2D eigenvalue weighted by molar-refractivity contribution is 6.02. The van der Waals surface area contributed by atoms with Crippen LogP contribution in [0.2, 0.25) is 0 Å². The number of benzene rings is 1. The summed E-state index contributed by atoms with van der Waals surface area (Å²) >= 11 is 0. The van der Waals surface area contributed by atoms with Crippen LogP contribution in [-0.2, 0) is 10.8 Å². The molecule has 0 aromatic heterocycles. The number of nitrogens with one attached hydrogen (secondary N) is 1. The number of hydrazine groups is 1. The van der Waals surface area contributed by atoms with Gasteiger partial charge in [0, 0.05) is 5.56 Å². The van der Waals surface area contributed by atoms with Gasteiger partial charge < -0.3 is 5.11 Å². The highest BCUT2D eigenvalue weighted by Crippen LogP contribution is 2.42. The largest absolute Gasteiger partial charge is 0.505 e. The zero-order valence-corrected chi connectivity index (χ0v) is 16.5. The Morgan fingerprint density at radius 1 is 1.12 bits per heavy atom. The summed E-state index contributed by atoms with van der Waals surface area (Å²) in [5.74, 6) is 0.851. The summed E-state index contributed by atoms with van der Waals surface area (Å²) in [5.41, 5.74) is 7.24. The second-order valence-corrected chi connectivity index (χ2v) is 9.48. The van der Waals surface area contributed by atoms with E-state index in [-0.39, 0.29) is 16.9 Å². The van der Waals surface area contributed by atoms with Gasteiger partial charge in [0.1, 0.15) is 11.4 Å². The van der Waals surface area contributed by atoms with E-state index in [1.807, 2.05) is 0 Å². The van der Waals surface area contributed by atoms with Crippen LogP contribution in [0.3, 0.4) is 0 Å². The van der Waals surface area contributed by atoms with E-state index in [4.69, 9.17) is 5.10 Å². The number of aromatic hydroxyl groups is 1. The van der Waals surface area contributed by atoms with Gasteiger partial charge in [-0.2, -0.15) is 10.2 Å². The lowest BCUT2D eigenvalue weighted by Gasteiger charge is -2.29. The van der Waals surface area contributed by atoms with E-state index < -0.39 is 0 Å². The summed E-state index contributed by atoms with van der Waals surface area (Å²) in [6.45, 7) is 15.2. The Balaban J connectivity index is 2.08. The smallest absolute Gasteiger partial charge is 0.146 e. The van der Waals surface area contributed by atoms with E-state index >= 15 is 0 Å². The van der Waals surface area contributed by atoms with Crippen molar-refractivity contribution in [1.29, 1.82) is 0 Å². The zero-order chi connectivity index (χ0) is 18.6. The number of hydrogen-bond acceptors (Lipinski definition) is 4. The molecule has 1 heterocycles. The van der Waals surface area contributed by atoms with Crippen molar-refractivity contribution in [2.75, 3.05) is 5.12 Å². The van der Waals surface area contributed by atoms with Gasteiger partial charge in [0.15, 0.2) is 0 Å². The molecule has 4 nitrogen and oxygen atoms in total. The van der Waals surface area contributed by atoms with Crippen molar-refractivity contribution in [3.05, 3.63) is 35.4 Å². The van der Waals surface area contributed by atoms with Crippen molar-refractivity contribution in [2.24, 2.45) is 11.0 Å². The summed E-state index contributed by atoms with van der Waals surface area (Å²) in [5, 5.41) is 17.5. The Bertz CT molecular complexity index is 735. The van der Waals surface area contributed by atoms with Crippen LogP contribution in [-0.4, -0.2) is 16.9 Å². The second-order valence-electron chi connectivity index (χ2n) is 9.48. The average molecular weight is 341 g/mol. The molecule has 0 bridgehead atoms. The fraction of sp³-hybridized carbons (Fsp3) is 0.571. The highest BCUT2D eigenvalue weighted by Gasteiger charge is 2.32. The van der Waals surface area contributed by atoms with E-state index in [1.165, 1.54) is 5.56 Å². The molecule has 3 rings (SSSR count). The van der Waals surface area contributed by atoms with Crippen LogP contribution >= 0.6 is 0 Å². The third kappa shape index (κ3) is 3.45. The lowest BCUT2D eigenvalue weighted by molar-refractivity contribution is 0.440. The van der Waals surface area contributed by atoms with Crippen LogP contribution in [0.15, 0.2) is 29.4 Å². The van der Waals surface area contributed by atoms with Gasteiger partial charge in [0.2, 0.25) is 0 Å². The minimum atomic E-state index is -0.145. The van der Waals surface area contributed by atoms with E-state index in [2.05, 4.69) is 78.2 Å². The van der Waals surface area contributed by atoms with Crippen molar-refractivity contribution < 1.29 is 5.11 Å². The maximum atomic E-state index is 11.0. The first-order valence-electron chi connectivity index (χ1n) is 9.18. The minimum Gasteiger partial charge on any atom is -0.505 e. The normalized spacial score (nSPS) is 23.6. The van der Waals surface area contributed by atoms with Crippen molar-refractivity contribution in [2.45, 2.75) is 71.8 Å².